The number of aromatic nitrogens is 2. The fraction of sp³-hybridized carbons (Fsp3) is 0.462. The largest absolute Gasteiger partial charge is 0.311 e. The first-order valence-electron chi connectivity index (χ1n) is 5.98. The smallest absolute Gasteiger partial charge is 0.194 e. The van der Waals surface area contributed by atoms with E-state index in [2.05, 4.69) is 59.9 Å². The molecule has 0 aliphatic heterocycles. The molecule has 0 aliphatic rings. The van der Waals surface area contributed by atoms with Crippen LogP contribution in [0.1, 0.15) is 30.9 Å². The van der Waals surface area contributed by atoms with Gasteiger partial charge in [-0.15, -0.1) is 11.3 Å². The number of nitrogens with zero attached hydrogens (tertiary/aromatic N) is 2. The van der Waals surface area contributed by atoms with E-state index in [-0.39, 0.29) is 0 Å². The second-order valence-electron chi connectivity index (χ2n) is 4.28. The predicted octanol–water partition coefficient (Wildman–Crippen LogP) is 3.02. The molecule has 1 unspecified atom stereocenters. The second kappa shape index (κ2) is 5.02. The van der Waals surface area contributed by atoms with Crippen molar-refractivity contribution in [2.75, 3.05) is 6.54 Å². The van der Waals surface area contributed by atoms with Gasteiger partial charge in [0.15, 0.2) is 4.96 Å². The standard InChI is InChI=1S/C13H19N3S/c1-5-14-9(2)6-7-12-11(4)15-13-16(12)10(3)8-17-13/h6-9,14H,5H2,1-4H3/b7-6+. The highest BCUT2D eigenvalue weighted by atomic mass is 32.1. The molecule has 1 atom stereocenters. The zero-order valence-electron chi connectivity index (χ0n) is 10.8. The van der Waals surface area contributed by atoms with Gasteiger partial charge in [0.1, 0.15) is 0 Å². The fourth-order valence-corrected chi connectivity index (χ4v) is 2.87. The first-order valence-corrected chi connectivity index (χ1v) is 6.86. The summed E-state index contributed by atoms with van der Waals surface area (Å²) < 4.78 is 2.22. The van der Waals surface area contributed by atoms with E-state index in [1.54, 1.807) is 11.3 Å². The van der Waals surface area contributed by atoms with Gasteiger partial charge >= 0.3 is 0 Å². The summed E-state index contributed by atoms with van der Waals surface area (Å²) in [6, 6.07) is 0.392. The van der Waals surface area contributed by atoms with Gasteiger partial charge < -0.3 is 5.32 Å². The Hall–Kier alpha value is -1.13. The summed E-state index contributed by atoms with van der Waals surface area (Å²) in [6.45, 7) is 9.46. The molecule has 2 aromatic heterocycles. The van der Waals surface area contributed by atoms with Gasteiger partial charge in [0.25, 0.3) is 0 Å². The Morgan fingerprint density at radius 3 is 3.00 bits per heavy atom. The Morgan fingerprint density at radius 2 is 2.29 bits per heavy atom. The molecule has 92 valence electrons. The lowest BCUT2D eigenvalue weighted by Gasteiger charge is -2.05. The van der Waals surface area contributed by atoms with E-state index in [9.17, 15) is 0 Å². The first-order chi connectivity index (χ1) is 8.13. The maximum absolute atomic E-state index is 4.57. The quantitative estimate of drug-likeness (QED) is 0.902. The van der Waals surface area contributed by atoms with Crippen LogP contribution in [-0.2, 0) is 0 Å². The number of nitrogens with one attached hydrogen (secondary N) is 1. The minimum atomic E-state index is 0.392. The third-order valence-electron chi connectivity index (χ3n) is 2.82. The normalized spacial score (nSPS) is 13.9. The van der Waals surface area contributed by atoms with E-state index in [0.717, 1.165) is 17.2 Å². The molecule has 0 spiro atoms. The van der Waals surface area contributed by atoms with Gasteiger partial charge in [-0.2, -0.15) is 0 Å². The number of rotatable bonds is 4. The van der Waals surface area contributed by atoms with Crippen LogP contribution in [-0.4, -0.2) is 22.0 Å². The van der Waals surface area contributed by atoms with E-state index in [1.165, 1.54) is 11.4 Å². The average molecular weight is 249 g/mol. The minimum absolute atomic E-state index is 0.392. The summed E-state index contributed by atoms with van der Waals surface area (Å²) in [4.78, 5) is 5.65. The molecule has 0 radical (unpaired) electrons. The predicted molar refractivity (Wildman–Crippen MR) is 74.7 cm³/mol. The van der Waals surface area contributed by atoms with Crippen LogP contribution >= 0.6 is 11.3 Å². The Morgan fingerprint density at radius 1 is 1.53 bits per heavy atom. The molecule has 2 rings (SSSR count). The third-order valence-corrected chi connectivity index (χ3v) is 3.77. The molecule has 0 saturated heterocycles. The van der Waals surface area contributed by atoms with Gasteiger partial charge in [-0.1, -0.05) is 13.0 Å². The van der Waals surface area contributed by atoms with Crippen molar-refractivity contribution in [1.82, 2.24) is 14.7 Å². The molecule has 0 fully saturated rings. The molecule has 0 bridgehead atoms. The summed E-state index contributed by atoms with van der Waals surface area (Å²) in [5.74, 6) is 0. The molecule has 2 aromatic rings. The lowest BCUT2D eigenvalue weighted by molar-refractivity contribution is 0.662. The lowest BCUT2D eigenvalue weighted by atomic mass is 10.2. The van der Waals surface area contributed by atoms with Crippen molar-refractivity contribution in [3.8, 4) is 0 Å². The Labute approximate surface area is 106 Å². The summed E-state index contributed by atoms with van der Waals surface area (Å²) >= 11 is 1.70. The zero-order valence-corrected chi connectivity index (χ0v) is 11.6. The molecule has 2 heterocycles. The van der Waals surface area contributed by atoms with Crippen molar-refractivity contribution in [2.45, 2.75) is 33.7 Å². The molecule has 17 heavy (non-hydrogen) atoms. The highest BCUT2D eigenvalue weighted by molar-refractivity contribution is 7.15. The van der Waals surface area contributed by atoms with Gasteiger partial charge in [-0.25, -0.2) is 4.98 Å². The zero-order chi connectivity index (χ0) is 12.4. The van der Waals surface area contributed by atoms with Crippen LogP contribution in [0.5, 0.6) is 0 Å². The highest BCUT2D eigenvalue weighted by Crippen LogP contribution is 2.21. The van der Waals surface area contributed by atoms with Crippen LogP contribution in [0.2, 0.25) is 0 Å². The van der Waals surface area contributed by atoms with E-state index in [4.69, 9.17) is 0 Å². The van der Waals surface area contributed by atoms with Crippen LogP contribution in [0.4, 0.5) is 0 Å². The number of likely N-dealkylation sites (N-methyl/N-ethyl adjacent to an activating group) is 1. The number of thiazole rings is 1. The maximum Gasteiger partial charge on any atom is 0.194 e. The molecule has 0 saturated carbocycles. The van der Waals surface area contributed by atoms with Crippen LogP contribution in [0.25, 0.3) is 11.0 Å². The van der Waals surface area contributed by atoms with Crippen LogP contribution < -0.4 is 5.32 Å². The number of aryl methyl sites for hydroxylation is 2. The van der Waals surface area contributed by atoms with Gasteiger partial charge in [0.2, 0.25) is 0 Å². The lowest BCUT2D eigenvalue weighted by Crippen LogP contribution is -2.22. The Balaban J connectivity index is 2.34. The van der Waals surface area contributed by atoms with Crippen LogP contribution in [0.3, 0.4) is 0 Å². The second-order valence-corrected chi connectivity index (χ2v) is 5.12. The molecule has 4 heteroatoms. The van der Waals surface area contributed by atoms with Gasteiger partial charge in [0, 0.05) is 17.1 Å². The monoisotopic (exact) mass is 249 g/mol. The molecule has 0 aliphatic carbocycles. The molecule has 1 N–H and O–H groups in total. The summed E-state index contributed by atoms with van der Waals surface area (Å²) in [5, 5.41) is 5.52. The van der Waals surface area contributed by atoms with Crippen molar-refractivity contribution < 1.29 is 0 Å². The van der Waals surface area contributed by atoms with Crippen LogP contribution in [0, 0.1) is 13.8 Å². The number of hydrogen-bond acceptors (Lipinski definition) is 3. The molecule has 0 aromatic carbocycles. The molecular formula is C13H19N3S. The van der Waals surface area contributed by atoms with Gasteiger partial charge in [-0.3, -0.25) is 4.40 Å². The topological polar surface area (TPSA) is 29.3 Å². The Bertz CT molecular complexity index is 536. The highest BCUT2D eigenvalue weighted by Gasteiger charge is 2.09. The number of fused-ring (bicyclic) bond motifs is 1. The maximum atomic E-state index is 4.57. The Kier molecular flexibility index (Phi) is 3.64. The van der Waals surface area contributed by atoms with Crippen molar-refractivity contribution in [1.29, 1.82) is 0 Å². The molecular weight excluding hydrogens is 230 g/mol. The first kappa shape index (κ1) is 12.3. The average Bonchev–Trinajstić information content (AvgIpc) is 2.77. The fourth-order valence-electron chi connectivity index (χ4n) is 1.95. The van der Waals surface area contributed by atoms with E-state index < -0.39 is 0 Å². The van der Waals surface area contributed by atoms with E-state index in [0.29, 0.717) is 6.04 Å². The van der Waals surface area contributed by atoms with Crippen molar-refractivity contribution in [3.05, 3.63) is 28.5 Å². The van der Waals surface area contributed by atoms with Gasteiger partial charge in [-0.05, 0) is 33.4 Å². The van der Waals surface area contributed by atoms with Crippen molar-refractivity contribution in [2.24, 2.45) is 0 Å². The summed E-state index contributed by atoms with van der Waals surface area (Å²) in [5.41, 5.74) is 3.55. The van der Waals surface area contributed by atoms with E-state index in [1.807, 2.05) is 0 Å². The summed E-state index contributed by atoms with van der Waals surface area (Å²) in [7, 11) is 0. The van der Waals surface area contributed by atoms with Crippen molar-refractivity contribution >= 4 is 22.4 Å². The van der Waals surface area contributed by atoms with E-state index >= 15 is 0 Å². The number of hydrogen-bond donors (Lipinski definition) is 1. The van der Waals surface area contributed by atoms with Gasteiger partial charge in [0.05, 0.1) is 11.4 Å². The van der Waals surface area contributed by atoms with Crippen LogP contribution in [0.15, 0.2) is 11.5 Å². The minimum Gasteiger partial charge on any atom is -0.311 e. The third kappa shape index (κ3) is 2.42. The molecule has 0 amide bonds. The SMILES string of the molecule is CCNC(C)/C=C/c1c(C)nc2scc(C)n12. The van der Waals surface area contributed by atoms with Crippen molar-refractivity contribution in [3.63, 3.8) is 0 Å². The number of imidazole rings is 1. The summed E-state index contributed by atoms with van der Waals surface area (Å²) in [6.07, 6.45) is 4.36. The molecule has 3 nitrogen and oxygen atoms in total.